The molecule has 84 valence electrons. The van der Waals surface area contributed by atoms with Gasteiger partial charge >= 0.3 is 0 Å². The molecule has 0 spiro atoms. The Morgan fingerprint density at radius 3 is 2.50 bits per heavy atom. The first-order chi connectivity index (χ1) is 6.47. The Kier molecular flexibility index (Phi) is 3.95. The van der Waals surface area contributed by atoms with Gasteiger partial charge in [0, 0.05) is 0 Å². The van der Waals surface area contributed by atoms with E-state index >= 15 is 0 Å². The number of unbranched alkanes of at least 4 members (excludes halogenated alkanes) is 3. The van der Waals surface area contributed by atoms with Gasteiger partial charge in [-0.1, -0.05) is 32.6 Å². The summed E-state index contributed by atoms with van der Waals surface area (Å²) >= 11 is 0. The van der Waals surface area contributed by atoms with Gasteiger partial charge in [0.2, 0.25) is 0 Å². The van der Waals surface area contributed by atoms with Crippen LogP contribution in [0.15, 0.2) is 0 Å². The van der Waals surface area contributed by atoms with Crippen LogP contribution in [0.4, 0.5) is 0 Å². The maximum Gasteiger partial charge on any atom is 0.153 e. The molecule has 0 saturated carbocycles. The van der Waals surface area contributed by atoms with E-state index < -0.39 is 15.4 Å². The predicted molar refractivity (Wildman–Crippen MR) is 57.0 cm³/mol. The van der Waals surface area contributed by atoms with Crippen LogP contribution in [0.1, 0.15) is 45.4 Å². The Morgan fingerprint density at radius 2 is 2.00 bits per heavy atom. The Morgan fingerprint density at radius 1 is 1.29 bits per heavy atom. The molecular weight excluding hydrogens is 200 g/mol. The Bertz CT molecular complexity index is 271. The summed E-state index contributed by atoms with van der Waals surface area (Å²) in [6.45, 7) is 2.13. The third kappa shape index (κ3) is 3.58. The molecule has 3 nitrogen and oxygen atoms in total. The van der Waals surface area contributed by atoms with Gasteiger partial charge in [0.15, 0.2) is 9.84 Å². The van der Waals surface area contributed by atoms with Crippen molar-refractivity contribution in [3.05, 3.63) is 0 Å². The molecule has 1 saturated heterocycles. The van der Waals surface area contributed by atoms with Crippen molar-refractivity contribution < 1.29 is 13.5 Å². The van der Waals surface area contributed by atoms with E-state index in [0.717, 1.165) is 19.3 Å². The molecule has 0 aliphatic carbocycles. The SMILES string of the molecule is CCCCCCC1(O)CCS(=O)(=O)C1. The second-order valence-electron chi connectivity index (χ2n) is 4.38. The molecule has 0 aromatic carbocycles. The molecule has 1 fully saturated rings. The Labute approximate surface area is 86.4 Å². The summed E-state index contributed by atoms with van der Waals surface area (Å²) < 4.78 is 22.4. The van der Waals surface area contributed by atoms with Crippen LogP contribution in [0.2, 0.25) is 0 Å². The number of sulfone groups is 1. The zero-order valence-corrected chi connectivity index (χ0v) is 9.65. The van der Waals surface area contributed by atoms with E-state index in [1.54, 1.807) is 0 Å². The van der Waals surface area contributed by atoms with Gasteiger partial charge in [-0.2, -0.15) is 0 Å². The highest BCUT2D eigenvalue weighted by Crippen LogP contribution is 2.28. The minimum atomic E-state index is -2.95. The number of hydrogen-bond donors (Lipinski definition) is 1. The minimum Gasteiger partial charge on any atom is -0.389 e. The van der Waals surface area contributed by atoms with Crippen LogP contribution in [-0.4, -0.2) is 30.6 Å². The first kappa shape index (κ1) is 12.0. The van der Waals surface area contributed by atoms with Crippen molar-refractivity contribution >= 4 is 9.84 Å². The van der Waals surface area contributed by atoms with E-state index in [4.69, 9.17) is 0 Å². The number of rotatable bonds is 5. The van der Waals surface area contributed by atoms with Crippen LogP contribution in [0.25, 0.3) is 0 Å². The standard InChI is InChI=1S/C10H20O3S/c1-2-3-4-5-6-10(11)7-8-14(12,13)9-10/h11H,2-9H2,1H3. The zero-order chi connectivity index (χ0) is 10.7. The molecule has 1 atom stereocenters. The molecule has 1 heterocycles. The second kappa shape index (κ2) is 4.62. The fourth-order valence-corrected chi connectivity index (χ4v) is 3.92. The average molecular weight is 220 g/mol. The number of aliphatic hydroxyl groups is 1. The van der Waals surface area contributed by atoms with Crippen molar-refractivity contribution in [1.82, 2.24) is 0 Å². The summed E-state index contributed by atoms with van der Waals surface area (Å²) in [5.74, 6) is 0.142. The molecule has 0 aromatic rings. The average Bonchev–Trinajstić information content (AvgIpc) is 2.36. The van der Waals surface area contributed by atoms with E-state index in [0.29, 0.717) is 12.8 Å². The lowest BCUT2D eigenvalue weighted by Gasteiger charge is -2.19. The molecule has 0 bridgehead atoms. The molecule has 4 heteroatoms. The van der Waals surface area contributed by atoms with Gasteiger partial charge in [-0.25, -0.2) is 8.42 Å². The lowest BCUT2D eigenvalue weighted by atomic mass is 9.95. The molecular formula is C10H20O3S. The molecule has 14 heavy (non-hydrogen) atoms. The summed E-state index contributed by atoms with van der Waals surface area (Å²) in [6.07, 6.45) is 5.45. The summed E-state index contributed by atoms with van der Waals surface area (Å²) in [4.78, 5) is 0. The quantitative estimate of drug-likeness (QED) is 0.714. The third-order valence-corrected chi connectivity index (χ3v) is 4.67. The van der Waals surface area contributed by atoms with Crippen LogP contribution in [0.3, 0.4) is 0 Å². The second-order valence-corrected chi connectivity index (χ2v) is 6.56. The van der Waals surface area contributed by atoms with Gasteiger partial charge in [0.05, 0.1) is 17.1 Å². The van der Waals surface area contributed by atoms with Gasteiger partial charge in [0.1, 0.15) is 0 Å². The maximum absolute atomic E-state index is 11.2. The maximum atomic E-state index is 11.2. The monoisotopic (exact) mass is 220 g/mol. The van der Waals surface area contributed by atoms with E-state index in [9.17, 15) is 13.5 Å². The van der Waals surface area contributed by atoms with E-state index in [1.807, 2.05) is 0 Å². The summed E-state index contributed by atoms with van der Waals surface area (Å²) in [6, 6.07) is 0. The fraction of sp³-hybridized carbons (Fsp3) is 1.00. The molecule has 1 N–H and O–H groups in total. The summed E-state index contributed by atoms with van der Waals surface area (Å²) in [7, 11) is -2.95. The van der Waals surface area contributed by atoms with Gasteiger partial charge in [-0.05, 0) is 12.8 Å². The van der Waals surface area contributed by atoms with Crippen molar-refractivity contribution in [2.24, 2.45) is 0 Å². The normalized spacial score (nSPS) is 30.7. The first-order valence-corrected chi connectivity index (χ1v) is 7.22. The van der Waals surface area contributed by atoms with Gasteiger partial charge in [0.25, 0.3) is 0 Å². The van der Waals surface area contributed by atoms with Crippen molar-refractivity contribution in [2.45, 2.75) is 51.0 Å². The molecule has 0 aromatic heterocycles. The van der Waals surface area contributed by atoms with Crippen LogP contribution in [0, 0.1) is 0 Å². The smallest absolute Gasteiger partial charge is 0.153 e. The Balaban J connectivity index is 2.30. The number of hydrogen-bond acceptors (Lipinski definition) is 3. The zero-order valence-electron chi connectivity index (χ0n) is 8.83. The van der Waals surface area contributed by atoms with Crippen molar-refractivity contribution in [2.75, 3.05) is 11.5 Å². The summed E-state index contributed by atoms with van der Waals surface area (Å²) in [5.41, 5.74) is -0.910. The van der Waals surface area contributed by atoms with E-state index in [-0.39, 0.29) is 11.5 Å². The van der Waals surface area contributed by atoms with Crippen LogP contribution in [-0.2, 0) is 9.84 Å². The first-order valence-electron chi connectivity index (χ1n) is 5.40. The Hall–Kier alpha value is -0.0900. The highest BCUT2D eigenvalue weighted by molar-refractivity contribution is 7.91. The molecule has 1 aliphatic heterocycles. The van der Waals surface area contributed by atoms with Gasteiger partial charge in [-0.3, -0.25) is 0 Å². The highest BCUT2D eigenvalue weighted by atomic mass is 32.2. The molecule has 1 unspecified atom stereocenters. The fourth-order valence-electron chi connectivity index (χ4n) is 1.98. The molecule has 0 amide bonds. The topological polar surface area (TPSA) is 54.4 Å². The van der Waals surface area contributed by atoms with Crippen LogP contribution >= 0.6 is 0 Å². The predicted octanol–water partition coefficient (Wildman–Crippen LogP) is 1.51. The van der Waals surface area contributed by atoms with E-state index in [2.05, 4.69) is 6.92 Å². The molecule has 1 aliphatic rings. The van der Waals surface area contributed by atoms with Crippen LogP contribution < -0.4 is 0 Å². The highest BCUT2D eigenvalue weighted by Gasteiger charge is 2.39. The van der Waals surface area contributed by atoms with Gasteiger partial charge < -0.3 is 5.11 Å². The largest absolute Gasteiger partial charge is 0.389 e. The van der Waals surface area contributed by atoms with Crippen molar-refractivity contribution in [3.63, 3.8) is 0 Å². The van der Waals surface area contributed by atoms with Crippen molar-refractivity contribution in [1.29, 1.82) is 0 Å². The molecule has 0 radical (unpaired) electrons. The van der Waals surface area contributed by atoms with Crippen molar-refractivity contribution in [3.8, 4) is 0 Å². The lowest BCUT2D eigenvalue weighted by molar-refractivity contribution is 0.0557. The third-order valence-electron chi connectivity index (χ3n) is 2.86. The van der Waals surface area contributed by atoms with E-state index in [1.165, 1.54) is 6.42 Å². The molecule has 1 rings (SSSR count). The lowest BCUT2D eigenvalue weighted by Crippen LogP contribution is -2.29. The minimum absolute atomic E-state index is 0.0217. The summed E-state index contributed by atoms with van der Waals surface area (Å²) in [5, 5.41) is 9.95. The van der Waals surface area contributed by atoms with Gasteiger partial charge in [-0.15, -0.1) is 0 Å². The van der Waals surface area contributed by atoms with Crippen LogP contribution in [0.5, 0.6) is 0 Å².